The highest BCUT2D eigenvalue weighted by Crippen LogP contribution is 2.28. The highest BCUT2D eigenvalue weighted by Gasteiger charge is 2.20. The number of rotatable bonds is 4. The molecule has 0 spiro atoms. The lowest BCUT2D eigenvalue weighted by atomic mass is 10.2. The zero-order valence-electron chi connectivity index (χ0n) is 15.5. The van der Waals surface area contributed by atoms with Crippen LogP contribution in [0.5, 0.6) is 0 Å². The second-order valence-electron chi connectivity index (χ2n) is 6.47. The number of esters is 1. The fourth-order valence-corrected chi connectivity index (χ4v) is 4.78. The molecule has 0 aliphatic heterocycles. The summed E-state index contributed by atoms with van der Waals surface area (Å²) in [5.41, 5.74) is 3.28. The minimum absolute atomic E-state index is 0.0810. The zero-order chi connectivity index (χ0) is 19.8. The molecule has 8 heteroatoms. The van der Waals surface area contributed by atoms with Gasteiger partial charge < -0.3 is 9.72 Å². The maximum atomic E-state index is 12.5. The summed E-state index contributed by atoms with van der Waals surface area (Å²) < 4.78 is 5.44. The molecule has 0 aliphatic rings. The Morgan fingerprint density at radius 1 is 1.14 bits per heavy atom. The molecule has 0 unspecified atom stereocenters. The number of thiophene rings is 1. The Bertz CT molecular complexity index is 1240. The highest BCUT2D eigenvalue weighted by atomic mass is 32.1. The topological polar surface area (TPSA) is 84.9 Å². The number of H-pyrrole nitrogens is 1. The average molecular weight is 412 g/mol. The molecule has 142 valence electrons. The van der Waals surface area contributed by atoms with Crippen LogP contribution in [0.25, 0.3) is 20.8 Å². The van der Waals surface area contributed by atoms with E-state index in [-0.39, 0.29) is 12.2 Å². The van der Waals surface area contributed by atoms with E-state index >= 15 is 0 Å². The first kappa shape index (κ1) is 18.5. The van der Waals surface area contributed by atoms with Crippen molar-refractivity contribution in [3.8, 4) is 10.6 Å². The van der Waals surface area contributed by atoms with Crippen LogP contribution in [0.4, 0.5) is 0 Å². The summed E-state index contributed by atoms with van der Waals surface area (Å²) in [6, 6.07) is 8.13. The fourth-order valence-electron chi connectivity index (χ4n) is 2.85. The van der Waals surface area contributed by atoms with Crippen molar-refractivity contribution < 1.29 is 9.53 Å². The number of aromatic nitrogens is 3. The van der Waals surface area contributed by atoms with Gasteiger partial charge in [0.1, 0.15) is 27.1 Å². The van der Waals surface area contributed by atoms with Gasteiger partial charge in [0.15, 0.2) is 0 Å². The molecule has 4 aromatic rings. The van der Waals surface area contributed by atoms with Crippen molar-refractivity contribution in [2.45, 2.75) is 27.4 Å². The summed E-state index contributed by atoms with van der Waals surface area (Å²) in [4.78, 5) is 37.1. The molecule has 1 aromatic carbocycles. The lowest BCUT2D eigenvalue weighted by Gasteiger charge is -2.02. The largest absolute Gasteiger partial charge is 0.455 e. The first-order valence-electron chi connectivity index (χ1n) is 8.61. The third-order valence-corrected chi connectivity index (χ3v) is 6.41. The third-order valence-electron chi connectivity index (χ3n) is 4.31. The van der Waals surface area contributed by atoms with E-state index in [4.69, 9.17) is 4.74 Å². The summed E-state index contributed by atoms with van der Waals surface area (Å²) in [5.74, 6) is 0.0483. The van der Waals surface area contributed by atoms with Gasteiger partial charge in [-0.05, 0) is 26.3 Å². The Labute approximate surface area is 168 Å². The molecule has 0 saturated carbocycles. The van der Waals surface area contributed by atoms with Crippen molar-refractivity contribution in [2.24, 2.45) is 0 Å². The van der Waals surface area contributed by atoms with Crippen LogP contribution in [0.1, 0.15) is 32.3 Å². The molecule has 0 aliphatic carbocycles. The van der Waals surface area contributed by atoms with Crippen LogP contribution < -0.4 is 5.56 Å². The van der Waals surface area contributed by atoms with Gasteiger partial charge in [-0.25, -0.2) is 14.8 Å². The number of aromatic amines is 1. The number of fused-ring (bicyclic) bond motifs is 1. The van der Waals surface area contributed by atoms with Crippen LogP contribution in [0.3, 0.4) is 0 Å². The number of nitrogens with zero attached hydrogens (tertiary/aromatic N) is 2. The van der Waals surface area contributed by atoms with Crippen molar-refractivity contribution in [1.82, 2.24) is 15.0 Å². The number of ether oxygens (including phenoxy) is 1. The molecule has 4 rings (SSSR count). The number of hydrogen-bond acceptors (Lipinski definition) is 7. The summed E-state index contributed by atoms with van der Waals surface area (Å²) >= 11 is 2.69. The number of carbonyl (C=O) groups excluding carboxylic acids is 1. The van der Waals surface area contributed by atoms with E-state index in [1.165, 1.54) is 28.2 Å². The molecule has 0 amide bonds. The Hall–Kier alpha value is -2.84. The van der Waals surface area contributed by atoms with E-state index in [2.05, 4.69) is 15.0 Å². The van der Waals surface area contributed by atoms with Gasteiger partial charge in [-0.3, -0.25) is 4.79 Å². The van der Waals surface area contributed by atoms with Crippen LogP contribution in [0.15, 0.2) is 34.4 Å². The van der Waals surface area contributed by atoms with Gasteiger partial charge in [-0.1, -0.05) is 29.8 Å². The van der Waals surface area contributed by atoms with Crippen LogP contribution in [-0.2, 0) is 11.3 Å². The smallest absolute Gasteiger partial charge is 0.349 e. The monoisotopic (exact) mass is 411 g/mol. The second kappa shape index (κ2) is 7.29. The first-order valence-corrected chi connectivity index (χ1v) is 10.3. The minimum atomic E-state index is -0.470. The predicted molar refractivity (Wildman–Crippen MR) is 111 cm³/mol. The lowest BCUT2D eigenvalue weighted by molar-refractivity contribution is 0.0473. The molecule has 1 N–H and O–H groups in total. The van der Waals surface area contributed by atoms with Gasteiger partial charge in [-0.2, -0.15) is 0 Å². The minimum Gasteiger partial charge on any atom is -0.455 e. The SMILES string of the molecule is Cc1ccc(-c2nc(COC(=O)c3sc4nc(C)[nH]c(=O)c4c3C)cs2)cc1. The Morgan fingerprint density at radius 2 is 1.89 bits per heavy atom. The van der Waals surface area contributed by atoms with E-state index in [9.17, 15) is 9.59 Å². The molecular weight excluding hydrogens is 394 g/mol. The second-order valence-corrected chi connectivity index (χ2v) is 8.33. The molecule has 6 nitrogen and oxygen atoms in total. The molecule has 0 radical (unpaired) electrons. The molecule has 0 saturated heterocycles. The summed E-state index contributed by atoms with van der Waals surface area (Å²) in [6.07, 6.45) is 0. The number of nitrogens with one attached hydrogen (secondary N) is 1. The van der Waals surface area contributed by atoms with Gasteiger partial charge in [-0.15, -0.1) is 22.7 Å². The van der Waals surface area contributed by atoms with Crippen LogP contribution in [0, 0.1) is 20.8 Å². The van der Waals surface area contributed by atoms with Crippen LogP contribution >= 0.6 is 22.7 Å². The normalized spacial score (nSPS) is 11.1. The molecule has 0 atom stereocenters. The van der Waals surface area contributed by atoms with Gasteiger partial charge in [0.2, 0.25) is 0 Å². The quantitative estimate of drug-likeness (QED) is 0.504. The van der Waals surface area contributed by atoms with Crippen LogP contribution in [-0.4, -0.2) is 20.9 Å². The Morgan fingerprint density at radius 3 is 2.64 bits per heavy atom. The van der Waals surface area contributed by atoms with E-state index in [1.807, 2.05) is 36.6 Å². The lowest BCUT2D eigenvalue weighted by Crippen LogP contribution is -2.10. The zero-order valence-corrected chi connectivity index (χ0v) is 17.2. The Kier molecular flexibility index (Phi) is 4.82. The van der Waals surface area contributed by atoms with E-state index in [0.717, 1.165) is 10.6 Å². The first-order chi connectivity index (χ1) is 13.4. The average Bonchev–Trinajstić information content (AvgIpc) is 3.25. The Balaban J connectivity index is 1.51. The van der Waals surface area contributed by atoms with E-state index in [1.54, 1.807) is 13.8 Å². The third kappa shape index (κ3) is 3.48. The van der Waals surface area contributed by atoms with Crippen LogP contribution in [0.2, 0.25) is 0 Å². The van der Waals surface area contributed by atoms with Crippen molar-refractivity contribution in [2.75, 3.05) is 0 Å². The molecule has 0 bridgehead atoms. The molecular formula is C20H17N3O3S2. The van der Waals surface area contributed by atoms with Gasteiger partial charge in [0, 0.05) is 10.9 Å². The summed E-state index contributed by atoms with van der Waals surface area (Å²) in [6.45, 7) is 5.57. The number of benzene rings is 1. The molecule has 28 heavy (non-hydrogen) atoms. The van der Waals surface area contributed by atoms with E-state index < -0.39 is 5.97 Å². The number of carbonyl (C=O) groups is 1. The van der Waals surface area contributed by atoms with Gasteiger partial charge in [0.05, 0.1) is 11.1 Å². The maximum absolute atomic E-state index is 12.5. The molecule has 0 fully saturated rings. The van der Waals surface area contributed by atoms with Crippen molar-refractivity contribution in [3.63, 3.8) is 0 Å². The van der Waals surface area contributed by atoms with Crippen molar-refractivity contribution in [1.29, 1.82) is 0 Å². The van der Waals surface area contributed by atoms with E-state index in [0.29, 0.717) is 32.2 Å². The number of thiazole rings is 1. The highest BCUT2D eigenvalue weighted by molar-refractivity contribution is 7.20. The standard InChI is InChI=1S/C20H17N3O3S2/c1-10-4-6-13(7-5-10)18-23-14(9-27-18)8-26-20(25)16-11(2)15-17(24)21-12(3)22-19(15)28-16/h4-7,9H,8H2,1-3H3,(H,21,22,24). The number of aryl methyl sites for hydroxylation is 3. The van der Waals surface area contributed by atoms with Crippen molar-refractivity contribution in [3.05, 3.63) is 67.5 Å². The number of hydrogen-bond donors (Lipinski definition) is 1. The van der Waals surface area contributed by atoms with Crippen molar-refractivity contribution >= 4 is 38.9 Å². The molecule has 3 aromatic heterocycles. The predicted octanol–water partition coefficient (Wildman–Crippen LogP) is 4.39. The maximum Gasteiger partial charge on any atom is 0.349 e. The fraction of sp³-hybridized carbons (Fsp3) is 0.200. The summed E-state index contributed by atoms with van der Waals surface area (Å²) in [7, 11) is 0. The molecule has 3 heterocycles. The van der Waals surface area contributed by atoms with Gasteiger partial charge in [0.25, 0.3) is 5.56 Å². The summed E-state index contributed by atoms with van der Waals surface area (Å²) in [5, 5.41) is 3.21. The van der Waals surface area contributed by atoms with Gasteiger partial charge >= 0.3 is 5.97 Å².